The number of nitrogens with one attached hydrogen (secondary N) is 1. The van der Waals surface area contributed by atoms with Crippen LogP contribution in [0.5, 0.6) is 0 Å². The molecule has 0 saturated carbocycles. The van der Waals surface area contributed by atoms with Crippen LogP contribution < -0.4 is 0 Å². The van der Waals surface area contributed by atoms with Crippen molar-refractivity contribution >= 4 is 18.0 Å². The second kappa shape index (κ2) is 3.31. The number of rotatable bonds is 2. The van der Waals surface area contributed by atoms with Crippen molar-refractivity contribution in [2.75, 3.05) is 11.5 Å². The Morgan fingerprint density at radius 1 is 1.75 bits per heavy atom. The Morgan fingerprint density at radius 3 is 3.25 bits per heavy atom. The molecule has 0 bridgehead atoms. The molecule has 1 aliphatic rings. The van der Waals surface area contributed by atoms with E-state index in [1.807, 2.05) is 11.8 Å². The van der Waals surface area contributed by atoms with Crippen LogP contribution in [0.3, 0.4) is 0 Å². The maximum atomic E-state index is 10.4. The van der Waals surface area contributed by atoms with Crippen LogP contribution in [0.2, 0.25) is 0 Å². The van der Waals surface area contributed by atoms with Gasteiger partial charge in [-0.2, -0.15) is 11.8 Å². The zero-order chi connectivity index (χ0) is 8.39. The molecule has 1 N–H and O–H groups in total. The molecule has 1 fully saturated rings. The molecular formula is C8H10N2OS. The van der Waals surface area contributed by atoms with E-state index in [1.165, 1.54) is 12.2 Å². The van der Waals surface area contributed by atoms with Crippen molar-refractivity contribution in [2.45, 2.75) is 12.3 Å². The van der Waals surface area contributed by atoms with Gasteiger partial charge < -0.3 is 4.98 Å². The SMILES string of the molecule is O=Cc1cnc(C2CCSC2)[nH]1. The maximum absolute atomic E-state index is 10.4. The smallest absolute Gasteiger partial charge is 0.167 e. The Hall–Kier alpha value is -0.770. The summed E-state index contributed by atoms with van der Waals surface area (Å²) in [6.45, 7) is 0. The first-order valence-corrected chi connectivity index (χ1v) is 5.13. The van der Waals surface area contributed by atoms with Crippen LogP contribution in [-0.4, -0.2) is 27.8 Å². The third-order valence-corrected chi connectivity index (χ3v) is 3.22. The monoisotopic (exact) mass is 182 g/mol. The van der Waals surface area contributed by atoms with E-state index in [-0.39, 0.29) is 0 Å². The molecule has 3 nitrogen and oxygen atoms in total. The molecule has 12 heavy (non-hydrogen) atoms. The van der Waals surface area contributed by atoms with Gasteiger partial charge in [-0.25, -0.2) is 4.98 Å². The highest BCUT2D eigenvalue weighted by molar-refractivity contribution is 7.99. The number of carbonyl (C=O) groups excluding carboxylic acids is 1. The van der Waals surface area contributed by atoms with Gasteiger partial charge in [-0.3, -0.25) is 4.79 Å². The molecule has 2 heterocycles. The van der Waals surface area contributed by atoms with Crippen LogP contribution in [0.25, 0.3) is 0 Å². The van der Waals surface area contributed by atoms with Gasteiger partial charge in [0.05, 0.1) is 11.9 Å². The summed E-state index contributed by atoms with van der Waals surface area (Å²) in [7, 11) is 0. The van der Waals surface area contributed by atoms with Gasteiger partial charge in [0.15, 0.2) is 6.29 Å². The lowest BCUT2D eigenvalue weighted by molar-refractivity contribution is 0.111. The Morgan fingerprint density at radius 2 is 2.67 bits per heavy atom. The topological polar surface area (TPSA) is 45.8 Å². The lowest BCUT2D eigenvalue weighted by Gasteiger charge is -2.01. The number of thioether (sulfide) groups is 1. The number of imidazole rings is 1. The summed E-state index contributed by atoms with van der Waals surface area (Å²) < 4.78 is 0. The van der Waals surface area contributed by atoms with E-state index in [0.717, 1.165) is 17.9 Å². The Kier molecular flexibility index (Phi) is 2.17. The number of aldehydes is 1. The first-order chi connectivity index (χ1) is 5.90. The Bertz CT molecular complexity index is 278. The molecule has 0 aliphatic carbocycles. The molecule has 1 unspecified atom stereocenters. The zero-order valence-electron chi connectivity index (χ0n) is 6.62. The fourth-order valence-corrected chi connectivity index (χ4v) is 2.60. The predicted molar refractivity (Wildman–Crippen MR) is 48.7 cm³/mol. The number of carbonyl (C=O) groups is 1. The molecule has 1 aromatic heterocycles. The van der Waals surface area contributed by atoms with Gasteiger partial charge in [0.1, 0.15) is 5.82 Å². The summed E-state index contributed by atoms with van der Waals surface area (Å²) in [5, 5.41) is 0. The highest BCUT2D eigenvalue weighted by Gasteiger charge is 2.19. The third kappa shape index (κ3) is 1.39. The van der Waals surface area contributed by atoms with Gasteiger partial charge in [0.25, 0.3) is 0 Å². The van der Waals surface area contributed by atoms with E-state index in [1.54, 1.807) is 6.20 Å². The molecule has 0 spiro atoms. The molecule has 1 aliphatic heterocycles. The predicted octanol–water partition coefficient (Wildman–Crippen LogP) is 1.44. The molecule has 1 saturated heterocycles. The van der Waals surface area contributed by atoms with Crippen LogP contribution in [0.4, 0.5) is 0 Å². The second-order valence-corrected chi connectivity index (χ2v) is 4.05. The number of hydrogen-bond acceptors (Lipinski definition) is 3. The minimum atomic E-state index is 0.531. The van der Waals surface area contributed by atoms with Crippen molar-refractivity contribution in [1.29, 1.82) is 0 Å². The highest BCUT2D eigenvalue weighted by atomic mass is 32.2. The first kappa shape index (κ1) is 7.86. The van der Waals surface area contributed by atoms with Crippen molar-refractivity contribution in [3.63, 3.8) is 0 Å². The summed E-state index contributed by atoms with van der Waals surface area (Å²) in [6.07, 6.45) is 3.58. The van der Waals surface area contributed by atoms with Crippen molar-refractivity contribution in [3.8, 4) is 0 Å². The van der Waals surface area contributed by atoms with Gasteiger partial charge in [-0.05, 0) is 12.2 Å². The largest absolute Gasteiger partial charge is 0.340 e. The van der Waals surface area contributed by atoms with E-state index in [4.69, 9.17) is 0 Å². The summed E-state index contributed by atoms with van der Waals surface area (Å²) in [4.78, 5) is 17.5. The number of H-pyrrole nitrogens is 1. The molecule has 0 radical (unpaired) electrons. The molecular weight excluding hydrogens is 172 g/mol. The average Bonchev–Trinajstić information content (AvgIpc) is 2.75. The summed E-state index contributed by atoms with van der Waals surface area (Å²) in [6, 6.07) is 0. The Balaban J connectivity index is 2.16. The number of aromatic nitrogens is 2. The van der Waals surface area contributed by atoms with Crippen molar-refractivity contribution in [1.82, 2.24) is 9.97 Å². The molecule has 2 rings (SSSR count). The lowest BCUT2D eigenvalue weighted by Crippen LogP contribution is -1.98. The third-order valence-electron chi connectivity index (χ3n) is 2.06. The van der Waals surface area contributed by atoms with Crippen LogP contribution in [0.1, 0.15) is 28.7 Å². The van der Waals surface area contributed by atoms with Crippen LogP contribution in [-0.2, 0) is 0 Å². The molecule has 0 amide bonds. The normalized spacial score (nSPS) is 22.8. The zero-order valence-corrected chi connectivity index (χ0v) is 7.43. The molecule has 1 aromatic rings. The number of hydrogen-bond donors (Lipinski definition) is 1. The molecule has 4 heteroatoms. The molecule has 1 atom stereocenters. The van der Waals surface area contributed by atoms with Crippen LogP contribution in [0.15, 0.2) is 6.20 Å². The van der Waals surface area contributed by atoms with Gasteiger partial charge in [-0.15, -0.1) is 0 Å². The van der Waals surface area contributed by atoms with Gasteiger partial charge >= 0.3 is 0 Å². The summed E-state index contributed by atoms with van der Waals surface area (Å²) in [5.74, 6) is 3.85. The highest BCUT2D eigenvalue weighted by Crippen LogP contribution is 2.30. The number of aromatic amines is 1. The number of nitrogens with zero attached hydrogens (tertiary/aromatic N) is 1. The molecule has 64 valence electrons. The van der Waals surface area contributed by atoms with Gasteiger partial charge in [0, 0.05) is 11.7 Å². The standard InChI is InChI=1S/C8H10N2OS/c11-4-7-3-9-8(10-7)6-1-2-12-5-6/h3-4,6H,1-2,5H2,(H,9,10). The quantitative estimate of drug-likeness (QED) is 0.704. The van der Waals surface area contributed by atoms with Crippen molar-refractivity contribution < 1.29 is 4.79 Å². The fourth-order valence-electron chi connectivity index (χ4n) is 1.37. The van der Waals surface area contributed by atoms with E-state index < -0.39 is 0 Å². The first-order valence-electron chi connectivity index (χ1n) is 3.98. The lowest BCUT2D eigenvalue weighted by atomic mass is 10.1. The Labute approximate surface area is 75.0 Å². The van der Waals surface area contributed by atoms with E-state index in [9.17, 15) is 4.79 Å². The van der Waals surface area contributed by atoms with E-state index in [0.29, 0.717) is 11.6 Å². The minimum Gasteiger partial charge on any atom is -0.340 e. The minimum absolute atomic E-state index is 0.531. The van der Waals surface area contributed by atoms with Crippen LogP contribution in [0, 0.1) is 0 Å². The van der Waals surface area contributed by atoms with Crippen LogP contribution >= 0.6 is 11.8 Å². The maximum Gasteiger partial charge on any atom is 0.167 e. The summed E-state index contributed by atoms with van der Waals surface area (Å²) >= 11 is 1.95. The average molecular weight is 182 g/mol. The van der Waals surface area contributed by atoms with Gasteiger partial charge in [0.2, 0.25) is 0 Å². The van der Waals surface area contributed by atoms with E-state index in [2.05, 4.69) is 9.97 Å². The van der Waals surface area contributed by atoms with Crippen molar-refractivity contribution in [2.24, 2.45) is 0 Å². The summed E-state index contributed by atoms with van der Waals surface area (Å²) in [5.41, 5.74) is 0.585. The second-order valence-electron chi connectivity index (χ2n) is 2.90. The van der Waals surface area contributed by atoms with Crippen molar-refractivity contribution in [3.05, 3.63) is 17.7 Å². The fraction of sp³-hybridized carbons (Fsp3) is 0.500. The van der Waals surface area contributed by atoms with Gasteiger partial charge in [-0.1, -0.05) is 0 Å². The van der Waals surface area contributed by atoms with E-state index >= 15 is 0 Å². The molecule has 0 aromatic carbocycles.